The van der Waals surface area contributed by atoms with Gasteiger partial charge in [-0.1, -0.05) is 13.8 Å². The predicted molar refractivity (Wildman–Crippen MR) is 75.9 cm³/mol. The first-order valence-electron chi connectivity index (χ1n) is 6.89. The van der Waals surface area contributed by atoms with Gasteiger partial charge in [-0.25, -0.2) is 0 Å². The van der Waals surface area contributed by atoms with Crippen LogP contribution >= 0.6 is 0 Å². The third-order valence-electron chi connectivity index (χ3n) is 3.36. The van der Waals surface area contributed by atoms with Gasteiger partial charge < -0.3 is 5.32 Å². The summed E-state index contributed by atoms with van der Waals surface area (Å²) in [5.74, 6) is 2.48. The molecule has 0 radical (unpaired) electrons. The molecule has 1 N–H and O–H groups in total. The predicted octanol–water partition coefficient (Wildman–Crippen LogP) is 1.47. The molecule has 1 saturated heterocycles. The van der Waals surface area contributed by atoms with E-state index >= 15 is 0 Å². The molecule has 1 unspecified atom stereocenters. The molecule has 0 spiro atoms. The van der Waals surface area contributed by atoms with E-state index in [0.29, 0.717) is 6.04 Å². The molecule has 0 aromatic heterocycles. The Morgan fingerprint density at radius 3 is 2.47 bits per heavy atom. The van der Waals surface area contributed by atoms with E-state index in [1.54, 1.807) is 0 Å². The van der Waals surface area contributed by atoms with Crippen LogP contribution < -0.4 is 5.32 Å². The molecular formula is C13H28N2OS. The van der Waals surface area contributed by atoms with Gasteiger partial charge in [0.25, 0.3) is 0 Å². The molecule has 0 aromatic carbocycles. The van der Waals surface area contributed by atoms with Crippen LogP contribution in [0, 0.1) is 5.92 Å². The first-order chi connectivity index (χ1) is 8.09. The standard InChI is InChI=1S/C13H28N2OS/c1-12(2)11-14-6-4-5-13(3)15-7-9-17(16)10-8-15/h12-14H,4-11H2,1-3H3. The first-order valence-corrected chi connectivity index (χ1v) is 8.38. The quantitative estimate of drug-likeness (QED) is 0.704. The van der Waals surface area contributed by atoms with Crippen molar-refractivity contribution in [3.8, 4) is 0 Å². The summed E-state index contributed by atoms with van der Waals surface area (Å²) in [6.45, 7) is 11.1. The molecular weight excluding hydrogens is 232 g/mol. The topological polar surface area (TPSA) is 32.3 Å². The summed E-state index contributed by atoms with van der Waals surface area (Å²) in [7, 11) is -0.545. The van der Waals surface area contributed by atoms with E-state index in [2.05, 4.69) is 31.0 Å². The highest BCUT2D eigenvalue weighted by molar-refractivity contribution is 7.85. The molecule has 1 aliphatic heterocycles. The highest BCUT2D eigenvalue weighted by Crippen LogP contribution is 2.09. The minimum absolute atomic E-state index is 0.545. The van der Waals surface area contributed by atoms with Crippen LogP contribution in [0.1, 0.15) is 33.6 Å². The minimum atomic E-state index is -0.545. The molecule has 0 amide bonds. The second-order valence-corrected chi connectivity index (χ2v) is 7.17. The SMILES string of the molecule is CC(C)CNCCCC(C)N1CCS(=O)CC1. The maximum Gasteiger partial charge on any atom is 0.0363 e. The van der Waals surface area contributed by atoms with Crippen molar-refractivity contribution in [2.75, 3.05) is 37.7 Å². The lowest BCUT2D eigenvalue weighted by Gasteiger charge is -2.32. The Morgan fingerprint density at radius 1 is 1.24 bits per heavy atom. The maximum atomic E-state index is 11.3. The van der Waals surface area contributed by atoms with Crippen LogP contribution in [-0.4, -0.2) is 52.8 Å². The lowest BCUT2D eigenvalue weighted by molar-refractivity contribution is 0.215. The molecule has 1 fully saturated rings. The molecule has 1 aliphatic rings. The van der Waals surface area contributed by atoms with Gasteiger partial charge in [0.15, 0.2) is 0 Å². The third-order valence-corrected chi connectivity index (χ3v) is 4.64. The van der Waals surface area contributed by atoms with Crippen LogP contribution in [0.4, 0.5) is 0 Å². The summed E-state index contributed by atoms with van der Waals surface area (Å²) < 4.78 is 11.3. The molecule has 1 rings (SSSR count). The Bertz CT molecular complexity index is 223. The Kier molecular flexibility index (Phi) is 7.32. The molecule has 17 heavy (non-hydrogen) atoms. The van der Waals surface area contributed by atoms with Gasteiger partial charge in [-0.3, -0.25) is 9.11 Å². The van der Waals surface area contributed by atoms with Crippen LogP contribution in [0.15, 0.2) is 0 Å². The molecule has 0 aromatic rings. The van der Waals surface area contributed by atoms with Gasteiger partial charge in [-0.05, 0) is 38.8 Å². The third kappa shape index (κ3) is 6.53. The van der Waals surface area contributed by atoms with Crippen molar-refractivity contribution in [3.63, 3.8) is 0 Å². The van der Waals surface area contributed by atoms with E-state index in [0.717, 1.165) is 43.6 Å². The summed E-state index contributed by atoms with van der Waals surface area (Å²) in [5, 5.41) is 3.48. The van der Waals surface area contributed by atoms with E-state index in [1.807, 2.05) is 0 Å². The summed E-state index contributed by atoms with van der Waals surface area (Å²) >= 11 is 0. The molecule has 0 bridgehead atoms. The average Bonchev–Trinajstić information content (AvgIpc) is 2.29. The fourth-order valence-electron chi connectivity index (χ4n) is 2.19. The number of hydrogen-bond donors (Lipinski definition) is 1. The van der Waals surface area contributed by atoms with Gasteiger partial charge in [0.2, 0.25) is 0 Å². The Balaban J connectivity index is 2.04. The second kappa shape index (κ2) is 8.22. The van der Waals surface area contributed by atoms with Crippen LogP contribution in [0.3, 0.4) is 0 Å². The van der Waals surface area contributed by atoms with Crippen molar-refractivity contribution in [3.05, 3.63) is 0 Å². The van der Waals surface area contributed by atoms with Crippen LogP contribution in [0.25, 0.3) is 0 Å². The smallest absolute Gasteiger partial charge is 0.0363 e. The molecule has 4 heteroatoms. The zero-order valence-corrected chi connectivity index (χ0v) is 12.4. The van der Waals surface area contributed by atoms with E-state index in [9.17, 15) is 4.21 Å². The monoisotopic (exact) mass is 260 g/mol. The molecule has 1 atom stereocenters. The van der Waals surface area contributed by atoms with Crippen LogP contribution in [0.2, 0.25) is 0 Å². The summed E-state index contributed by atoms with van der Waals surface area (Å²) in [6.07, 6.45) is 2.49. The van der Waals surface area contributed by atoms with E-state index in [1.165, 1.54) is 12.8 Å². The van der Waals surface area contributed by atoms with Gasteiger partial charge in [-0.2, -0.15) is 0 Å². The minimum Gasteiger partial charge on any atom is -0.316 e. The zero-order chi connectivity index (χ0) is 12.7. The number of nitrogens with zero attached hydrogens (tertiary/aromatic N) is 1. The molecule has 102 valence electrons. The van der Waals surface area contributed by atoms with Gasteiger partial charge in [-0.15, -0.1) is 0 Å². The van der Waals surface area contributed by atoms with Crippen molar-refractivity contribution in [1.82, 2.24) is 10.2 Å². The van der Waals surface area contributed by atoms with Gasteiger partial charge >= 0.3 is 0 Å². The van der Waals surface area contributed by atoms with Gasteiger partial charge in [0.05, 0.1) is 0 Å². The van der Waals surface area contributed by atoms with Crippen molar-refractivity contribution in [1.29, 1.82) is 0 Å². The molecule has 0 aliphatic carbocycles. The average molecular weight is 260 g/mol. The fourth-order valence-corrected chi connectivity index (χ4v) is 3.27. The Labute approximate surface area is 109 Å². The number of hydrogen-bond acceptors (Lipinski definition) is 3. The molecule has 0 saturated carbocycles. The molecule has 3 nitrogen and oxygen atoms in total. The van der Waals surface area contributed by atoms with E-state index < -0.39 is 10.8 Å². The van der Waals surface area contributed by atoms with Gasteiger partial charge in [0, 0.05) is 41.4 Å². The highest BCUT2D eigenvalue weighted by Gasteiger charge is 2.19. The summed E-state index contributed by atoms with van der Waals surface area (Å²) in [5.41, 5.74) is 0. The largest absolute Gasteiger partial charge is 0.316 e. The van der Waals surface area contributed by atoms with Crippen molar-refractivity contribution < 1.29 is 4.21 Å². The number of nitrogens with one attached hydrogen (secondary N) is 1. The van der Waals surface area contributed by atoms with Crippen molar-refractivity contribution in [2.45, 2.75) is 39.7 Å². The summed E-state index contributed by atoms with van der Waals surface area (Å²) in [6, 6.07) is 0.646. The lowest BCUT2D eigenvalue weighted by Crippen LogP contribution is -2.43. The van der Waals surface area contributed by atoms with Gasteiger partial charge in [0.1, 0.15) is 0 Å². The first kappa shape index (κ1) is 15.1. The van der Waals surface area contributed by atoms with E-state index in [4.69, 9.17) is 0 Å². The Hall–Kier alpha value is 0.0700. The van der Waals surface area contributed by atoms with Crippen molar-refractivity contribution in [2.24, 2.45) is 5.92 Å². The lowest BCUT2D eigenvalue weighted by atomic mass is 10.1. The van der Waals surface area contributed by atoms with E-state index in [-0.39, 0.29) is 0 Å². The molecule has 1 heterocycles. The summed E-state index contributed by atoms with van der Waals surface area (Å²) in [4.78, 5) is 2.49. The highest BCUT2D eigenvalue weighted by atomic mass is 32.2. The zero-order valence-electron chi connectivity index (χ0n) is 11.6. The fraction of sp³-hybridized carbons (Fsp3) is 1.00. The van der Waals surface area contributed by atoms with Crippen LogP contribution in [-0.2, 0) is 10.8 Å². The normalized spacial score (nSPS) is 20.9. The maximum absolute atomic E-state index is 11.3. The second-order valence-electron chi connectivity index (χ2n) is 5.47. The number of rotatable bonds is 7. The van der Waals surface area contributed by atoms with Crippen LogP contribution in [0.5, 0.6) is 0 Å². The van der Waals surface area contributed by atoms with Crippen molar-refractivity contribution >= 4 is 10.8 Å². The Morgan fingerprint density at radius 2 is 1.88 bits per heavy atom.